The minimum Gasteiger partial charge on any atom is -0.387 e. The maximum Gasteiger partial charge on any atom is 0.249 e. The largest absolute Gasteiger partial charge is 0.387 e. The first-order chi connectivity index (χ1) is 5.16. The van der Waals surface area contributed by atoms with Gasteiger partial charge in [-0.25, -0.2) is 0 Å². The number of rotatable bonds is 1. The van der Waals surface area contributed by atoms with Gasteiger partial charge in [0.15, 0.2) is 0 Å². The van der Waals surface area contributed by atoms with Crippen LogP contribution in [0.4, 0.5) is 0 Å². The number of carbonyl (C=O) groups excluding carboxylic acids is 1. The fourth-order valence-corrected chi connectivity index (χ4v) is 1.41. The van der Waals surface area contributed by atoms with Crippen LogP contribution in [0.5, 0.6) is 0 Å². The van der Waals surface area contributed by atoms with Crippen LogP contribution in [0.1, 0.15) is 13.8 Å². The predicted octanol–water partition coefficient (Wildman–Crippen LogP) is 0.154. The van der Waals surface area contributed by atoms with Gasteiger partial charge in [-0.1, -0.05) is 12.2 Å². The molecule has 2 unspecified atom stereocenters. The number of hydrogen-bond acceptors (Lipinski definition) is 2. The first kappa shape index (κ1) is 8.27. The number of aliphatic hydroxyl groups is 1. The summed E-state index contributed by atoms with van der Waals surface area (Å²) in [5.41, 5.74) is 0. The van der Waals surface area contributed by atoms with Crippen molar-refractivity contribution in [1.29, 1.82) is 0 Å². The van der Waals surface area contributed by atoms with Gasteiger partial charge in [0, 0.05) is 12.1 Å². The van der Waals surface area contributed by atoms with Gasteiger partial charge in [-0.3, -0.25) is 4.79 Å². The van der Waals surface area contributed by atoms with Gasteiger partial charge in [0.25, 0.3) is 0 Å². The van der Waals surface area contributed by atoms with E-state index >= 15 is 0 Å². The fraction of sp³-hybridized carbons (Fsp3) is 0.625. The molecular weight excluding hydrogens is 142 g/mol. The Morgan fingerprint density at radius 2 is 1.91 bits per heavy atom. The van der Waals surface area contributed by atoms with Crippen molar-refractivity contribution in [3.05, 3.63) is 12.2 Å². The SMILES string of the molecule is CC1C=CC(C)N1C(=O)CO. The lowest BCUT2D eigenvalue weighted by Crippen LogP contribution is -2.40. The van der Waals surface area contributed by atoms with E-state index in [2.05, 4.69) is 0 Å². The van der Waals surface area contributed by atoms with Crippen LogP contribution in [0.2, 0.25) is 0 Å². The van der Waals surface area contributed by atoms with Crippen LogP contribution in [0.15, 0.2) is 12.2 Å². The zero-order valence-electron chi connectivity index (χ0n) is 6.82. The molecule has 1 aliphatic rings. The average Bonchev–Trinajstić information content (AvgIpc) is 2.30. The number of carbonyl (C=O) groups is 1. The Labute approximate surface area is 66.3 Å². The van der Waals surface area contributed by atoms with Crippen molar-refractivity contribution in [2.45, 2.75) is 25.9 Å². The monoisotopic (exact) mass is 155 g/mol. The Bertz CT molecular complexity index is 177. The smallest absolute Gasteiger partial charge is 0.249 e. The highest BCUT2D eigenvalue weighted by Gasteiger charge is 2.25. The minimum absolute atomic E-state index is 0.129. The van der Waals surface area contributed by atoms with E-state index in [1.54, 1.807) is 4.90 Å². The zero-order chi connectivity index (χ0) is 8.43. The van der Waals surface area contributed by atoms with Crippen molar-refractivity contribution in [2.75, 3.05) is 6.61 Å². The van der Waals surface area contributed by atoms with Gasteiger partial charge in [0.2, 0.25) is 5.91 Å². The second-order valence-electron chi connectivity index (χ2n) is 2.83. The molecule has 62 valence electrons. The summed E-state index contributed by atoms with van der Waals surface area (Å²) in [7, 11) is 0. The van der Waals surface area contributed by atoms with Crippen LogP contribution in [0.25, 0.3) is 0 Å². The van der Waals surface area contributed by atoms with E-state index in [0.29, 0.717) is 0 Å². The van der Waals surface area contributed by atoms with E-state index in [0.717, 1.165) is 0 Å². The van der Waals surface area contributed by atoms with Crippen LogP contribution in [0, 0.1) is 0 Å². The van der Waals surface area contributed by atoms with E-state index in [1.165, 1.54) is 0 Å². The molecule has 1 N–H and O–H groups in total. The average molecular weight is 155 g/mol. The second kappa shape index (κ2) is 3.05. The molecule has 0 aromatic heterocycles. The van der Waals surface area contributed by atoms with Gasteiger partial charge >= 0.3 is 0 Å². The summed E-state index contributed by atoms with van der Waals surface area (Å²) in [6.07, 6.45) is 3.94. The van der Waals surface area contributed by atoms with Crippen molar-refractivity contribution >= 4 is 5.91 Å². The second-order valence-corrected chi connectivity index (χ2v) is 2.83. The summed E-state index contributed by atoms with van der Waals surface area (Å²) in [5.74, 6) is -0.199. The summed E-state index contributed by atoms with van der Waals surface area (Å²) in [4.78, 5) is 12.7. The molecule has 1 rings (SSSR count). The molecule has 2 atom stereocenters. The lowest BCUT2D eigenvalue weighted by Gasteiger charge is -2.25. The normalized spacial score (nSPS) is 29.5. The Hall–Kier alpha value is -0.830. The van der Waals surface area contributed by atoms with Gasteiger partial charge in [-0.2, -0.15) is 0 Å². The van der Waals surface area contributed by atoms with Crippen molar-refractivity contribution in [3.8, 4) is 0 Å². The first-order valence-corrected chi connectivity index (χ1v) is 3.77. The molecule has 0 saturated heterocycles. The third-order valence-corrected chi connectivity index (χ3v) is 1.97. The molecule has 1 amide bonds. The predicted molar refractivity (Wildman–Crippen MR) is 42.0 cm³/mol. The summed E-state index contributed by atoms with van der Waals surface area (Å²) < 4.78 is 0. The number of hydrogen-bond donors (Lipinski definition) is 1. The van der Waals surface area contributed by atoms with Crippen molar-refractivity contribution < 1.29 is 9.90 Å². The molecule has 3 nitrogen and oxygen atoms in total. The van der Waals surface area contributed by atoms with Crippen LogP contribution in [-0.2, 0) is 4.79 Å². The quantitative estimate of drug-likeness (QED) is 0.548. The standard InChI is InChI=1S/C8H13NO2/c1-6-3-4-7(2)9(6)8(11)5-10/h3-4,6-7,10H,5H2,1-2H3. The van der Waals surface area contributed by atoms with Crippen LogP contribution < -0.4 is 0 Å². The summed E-state index contributed by atoms with van der Waals surface area (Å²) >= 11 is 0. The number of amides is 1. The molecule has 1 aliphatic heterocycles. The Morgan fingerprint density at radius 3 is 2.27 bits per heavy atom. The van der Waals surface area contributed by atoms with E-state index in [4.69, 9.17) is 5.11 Å². The molecule has 0 radical (unpaired) electrons. The Morgan fingerprint density at radius 1 is 1.45 bits per heavy atom. The molecular formula is C8H13NO2. The number of aliphatic hydroxyl groups excluding tert-OH is 1. The van der Waals surface area contributed by atoms with E-state index in [1.807, 2.05) is 26.0 Å². The maximum absolute atomic E-state index is 11.1. The van der Waals surface area contributed by atoms with Gasteiger partial charge in [-0.15, -0.1) is 0 Å². The summed E-state index contributed by atoms with van der Waals surface area (Å²) in [5, 5.41) is 8.61. The minimum atomic E-state index is -0.393. The van der Waals surface area contributed by atoms with E-state index in [9.17, 15) is 4.79 Å². The lowest BCUT2D eigenvalue weighted by atomic mass is 10.3. The summed E-state index contributed by atoms with van der Waals surface area (Å²) in [6.45, 7) is 3.48. The maximum atomic E-state index is 11.1. The van der Waals surface area contributed by atoms with Gasteiger partial charge in [-0.05, 0) is 13.8 Å². The van der Waals surface area contributed by atoms with Crippen molar-refractivity contribution in [1.82, 2.24) is 4.90 Å². The molecule has 0 saturated carbocycles. The highest BCUT2D eigenvalue weighted by molar-refractivity contribution is 5.78. The van der Waals surface area contributed by atoms with Gasteiger partial charge < -0.3 is 10.0 Å². The third-order valence-electron chi connectivity index (χ3n) is 1.97. The molecule has 0 spiro atoms. The Kier molecular flexibility index (Phi) is 2.29. The van der Waals surface area contributed by atoms with Gasteiger partial charge in [0.1, 0.15) is 6.61 Å². The topological polar surface area (TPSA) is 40.5 Å². The molecule has 11 heavy (non-hydrogen) atoms. The lowest BCUT2D eigenvalue weighted by molar-refractivity contribution is -0.135. The highest BCUT2D eigenvalue weighted by atomic mass is 16.3. The Balaban J connectivity index is 2.65. The third kappa shape index (κ3) is 1.43. The summed E-state index contributed by atoms with van der Waals surface area (Å²) in [6, 6.07) is 0.259. The number of nitrogens with zero attached hydrogens (tertiary/aromatic N) is 1. The molecule has 0 aromatic carbocycles. The molecule has 3 heteroatoms. The van der Waals surface area contributed by atoms with Crippen LogP contribution in [-0.4, -0.2) is 34.6 Å². The van der Waals surface area contributed by atoms with Crippen LogP contribution in [0.3, 0.4) is 0 Å². The zero-order valence-corrected chi connectivity index (χ0v) is 6.82. The van der Waals surface area contributed by atoms with Crippen LogP contribution >= 0.6 is 0 Å². The molecule has 0 aromatic rings. The highest BCUT2D eigenvalue weighted by Crippen LogP contribution is 2.15. The van der Waals surface area contributed by atoms with Gasteiger partial charge in [0.05, 0.1) is 0 Å². The van der Waals surface area contributed by atoms with Crippen molar-refractivity contribution in [3.63, 3.8) is 0 Å². The van der Waals surface area contributed by atoms with Crippen molar-refractivity contribution in [2.24, 2.45) is 0 Å². The molecule has 1 heterocycles. The van der Waals surface area contributed by atoms with E-state index in [-0.39, 0.29) is 18.0 Å². The molecule has 0 aliphatic carbocycles. The fourth-order valence-electron chi connectivity index (χ4n) is 1.41. The molecule has 0 bridgehead atoms. The molecule has 0 fully saturated rings. The first-order valence-electron chi connectivity index (χ1n) is 3.77. The van der Waals surface area contributed by atoms with E-state index < -0.39 is 6.61 Å².